The van der Waals surface area contributed by atoms with Gasteiger partial charge in [0.05, 0.1) is 5.69 Å². The summed E-state index contributed by atoms with van der Waals surface area (Å²) in [5, 5.41) is 0. The second-order valence-corrected chi connectivity index (χ2v) is 3.43. The van der Waals surface area contributed by atoms with Crippen LogP contribution in [0.2, 0.25) is 0 Å². The van der Waals surface area contributed by atoms with Gasteiger partial charge < -0.3 is 0 Å². The van der Waals surface area contributed by atoms with E-state index in [0.29, 0.717) is 22.4 Å². The molecule has 0 fully saturated rings. The molecule has 0 radical (unpaired) electrons. The van der Waals surface area contributed by atoms with E-state index in [4.69, 9.17) is 0 Å². The van der Waals surface area contributed by atoms with Gasteiger partial charge in [0.2, 0.25) is 0 Å². The molecule has 0 atom stereocenters. The van der Waals surface area contributed by atoms with Gasteiger partial charge in [-0.3, -0.25) is 19.0 Å². The Morgan fingerprint density at radius 2 is 2.07 bits per heavy atom. The fourth-order valence-electron chi connectivity index (χ4n) is 1.88. The highest BCUT2D eigenvalue weighted by Gasteiger charge is 2.12. The fourth-order valence-corrected chi connectivity index (χ4v) is 1.88. The van der Waals surface area contributed by atoms with Gasteiger partial charge in [-0.25, -0.2) is 4.98 Å². The van der Waals surface area contributed by atoms with E-state index < -0.39 is 0 Å². The molecular weight excluding hydrogens is 194 g/mol. The first-order valence-electron chi connectivity index (χ1n) is 4.52. The molecule has 3 heterocycles. The molecule has 74 valence electrons. The van der Waals surface area contributed by atoms with E-state index in [2.05, 4.69) is 9.97 Å². The van der Waals surface area contributed by atoms with Gasteiger partial charge in [-0.15, -0.1) is 0 Å². The molecular formula is C10H7N3O2. The predicted molar refractivity (Wildman–Crippen MR) is 55.5 cm³/mol. The second kappa shape index (κ2) is 2.44. The van der Waals surface area contributed by atoms with Crippen LogP contribution in [0.15, 0.2) is 27.8 Å². The maximum Gasteiger partial charge on any atom is 0.277 e. The standard InChI is InChI=1S/C10H7N3O2/c1-5-8-10(15)12-9(14)6-3-2-4-7(11-5)13(6)8/h2-4H,1H3,(H,12,14,15). The first-order chi connectivity index (χ1) is 7.18. The summed E-state index contributed by atoms with van der Waals surface area (Å²) in [5.41, 5.74) is 1.39. The molecule has 0 bridgehead atoms. The molecule has 0 aromatic carbocycles. The Balaban J connectivity index is 2.87. The first kappa shape index (κ1) is 8.16. The molecule has 0 aliphatic rings. The summed E-state index contributed by atoms with van der Waals surface area (Å²) in [7, 11) is 0. The molecule has 0 saturated heterocycles. The third-order valence-electron chi connectivity index (χ3n) is 2.49. The van der Waals surface area contributed by atoms with Gasteiger partial charge >= 0.3 is 0 Å². The van der Waals surface area contributed by atoms with Crippen LogP contribution in [0.3, 0.4) is 0 Å². The van der Waals surface area contributed by atoms with Crippen LogP contribution in [0.25, 0.3) is 16.7 Å². The quantitative estimate of drug-likeness (QED) is 0.568. The Kier molecular flexibility index (Phi) is 1.33. The Morgan fingerprint density at radius 1 is 1.27 bits per heavy atom. The van der Waals surface area contributed by atoms with E-state index in [9.17, 15) is 9.59 Å². The van der Waals surface area contributed by atoms with Crippen LogP contribution >= 0.6 is 0 Å². The van der Waals surface area contributed by atoms with Crippen molar-refractivity contribution >= 4 is 16.7 Å². The van der Waals surface area contributed by atoms with Gasteiger partial charge in [-0.2, -0.15) is 0 Å². The molecule has 3 rings (SSSR count). The van der Waals surface area contributed by atoms with E-state index in [1.54, 1.807) is 29.5 Å². The Hall–Kier alpha value is -2.17. The maximum atomic E-state index is 11.6. The van der Waals surface area contributed by atoms with Crippen molar-refractivity contribution in [3.05, 3.63) is 44.6 Å². The van der Waals surface area contributed by atoms with Gasteiger partial charge in [0, 0.05) is 0 Å². The first-order valence-corrected chi connectivity index (χ1v) is 4.52. The van der Waals surface area contributed by atoms with Crippen molar-refractivity contribution in [3.8, 4) is 0 Å². The Bertz CT molecular complexity index is 769. The molecule has 0 aliphatic carbocycles. The minimum atomic E-state index is -0.385. The molecule has 3 aromatic heterocycles. The van der Waals surface area contributed by atoms with Crippen molar-refractivity contribution in [1.29, 1.82) is 0 Å². The number of imidazole rings is 1. The van der Waals surface area contributed by atoms with Gasteiger partial charge in [0.25, 0.3) is 11.1 Å². The summed E-state index contributed by atoms with van der Waals surface area (Å²) in [5.74, 6) is 0. The topological polar surface area (TPSA) is 67.2 Å². The zero-order valence-electron chi connectivity index (χ0n) is 7.94. The average Bonchev–Trinajstić information content (AvgIpc) is 2.51. The molecule has 0 unspecified atom stereocenters. The summed E-state index contributed by atoms with van der Waals surface area (Å²) >= 11 is 0. The van der Waals surface area contributed by atoms with Crippen LogP contribution in [0.4, 0.5) is 0 Å². The average molecular weight is 201 g/mol. The minimum Gasteiger partial charge on any atom is -0.286 e. The number of hydrogen-bond acceptors (Lipinski definition) is 3. The van der Waals surface area contributed by atoms with Crippen LogP contribution < -0.4 is 11.1 Å². The lowest BCUT2D eigenvalue weighted by Crippen LogP contribution is -2.22. The summed E-state index contributed by atoms with van der Waals surface area (Å²) < 4.78 is 1.59. The van der Waals surface area contributed by atoms with Crippen molar-refractivity contribution in [2.75, 3.05) is 0 Å². The normalized spacial score (nSPS) is 11.5. The van der Waals surface area contributed by atoms with E-state index >= 15 is 0 Å². The van der Waals surface area contributed by atoms with Crippen LogP contribution in [0.5, 0.6) is 0 Å². The second-order valence-electron chi connectivity index (χ2n) is 3.43. The molecule has 0 saturated carbocycles. The van der Waals surface area contributed by atoms with Crippen molar-refractivity contribution in [2.24, 2.45) is 0 Å². The number of aryl methyl sites for hydroxylation is 1. The zero-order valence-corrected chi connectivity index (χ0v) is 7.94. The highest BCUT2D eigenvalue weighted by molar-refractivity contribution is 5.68. The summed E-state index contributed by atoms with van der Waals surface area (Å²) in [6, 6.07) is 5.18. The SMILES string of the molecule is Cc1nc2cccc3c(=O)[nH]c(=O)c1n23. The molecule has 3 aromatic rings. The van der Waals surface area contributed by atoms with Crippen molar-refractivity contribution in [1.82, 2.24) is 14.4 Å². The van der Waals surface area contributed by atoms with Crippen molar-refractivity contribution in [3.63, 3.8) is 0 Å². The largest absolute Gasteiger partial charge is 0.286 e. The van der Waals surface area contributed by atoms with E-state index in [1.165, 1.54) is 0 Å². The van der Waals surface area contributed by atoms with E-state index in [-0.39, 0.29) is 11.1 Å². The molecule has 0 amide bonds. The third kappa shape index (κ3) is 0.890. The molecule has 0 aliphatic heterocycles. The number of aromatic amines is 1. The lowest BCUT2D eigenvalue weighted by molar-refractivity contribution is 1.12. The fraction of sp³-hybridized carbons (Fsp3) is 0.100. The smallest absolute Gasteiger partial charge is 0.277 e. The monoisotopic (exact) mass is 201 g/mol. The number of nitrogens with zero attached hydrogens (tertiary/aromatic N) is 2. The van der Waals surface area contributed by atoms with E-state index in [0.717, 1.165) is 0 Å². The van der Waals surface area contributed by atoms with Gasteiger partial charge in [-0.1, -0.05) is 6.07 Å². The van der Waals surface area contributed by atoms with Gasteiger partial charge in [-0.05, 0) is 19.1 Å². The maximum absolute atomic E-state index is 11.6. The minimum absolute atomic E-state index is 0.379. The van der Waals surface area contributed by atoms with Crippen molar-refractivity contribution < 1.29 is 0 Å². The molecule has 0 spiro atoms. The number of hydrogen-bond donors (Lipinski definition) is 1. The third-order valence-corrected chi connectivity index (χ3v) is 2.49. The van der Waals surface area contributed by atoms with Crippen molar-refractivity contribution in [2.45, 2.75) is 6.92 Å². The predicted octanol–water partition coefficient (Wildman–Crippen LogP) is 0.282. The number of aromatic nitrogens is 3. The van der Waals surface area contributed by atoms with Crippen LogP contribution in [0, 0.1) is 6.92 Å². The Morgan fingerprint density at radius 3 is 2.87 bits per heavy atom. The summed E-state index contributed by atoms with van der Waals surface area (Å²) in [6.45, 7) is 1.75. The number of rotatable bonds is 0. The summed E-state index contributed by atoms with van der Waals surface area (Å²) in [4.78, 5) is 29.6. The number of H-pyrrole nitrogens is 1. The Labute approximate surface area is 83.3 Å². The molecule has 5 nitrogen and oxygen atoms in total. The van der Waals surface area contributed by atoms with E-state index in [1.807, 2.05) is 0 Å². The highest BCUT2D eigenvalue weighted by atomic mass is 16.2. The lowest BCUT2D eigenvalue weighted by atomic mass is 10.3. The van der Waals surface area contributed by atoms with Crippen LogP contribution in [-0.2, 0) is 0 Å². The van der Waals surface area contributed by atoms with Gasteiger partial charge in [0.1, 0.15) is 16.7 Å². The summed E-state index contributed by atoms with van der Waals surface area (Å²) in [6.07, 6.45) is 0. The van der Waals surface area contributed by atoms with Crippen LogP contribution in [-0.4, -0.2) is 14.4 Å². The van der Waals surface area contributed by atoms with Gasteiger partial charge in [0.15, 0.2) is 0 Å². The van der Waals surface area contributed by atoms with Crippen LogP contribution in [0.1, 0.15) is 5.69 Å². The highest BCUT2D eigenvalue weighted by Crippen LogP contribution is 2.12. The molecule has 5 heteroatoms. The molecule has 1 N–H and O–H groups in total. The number of nitrogens with one attached hydrogen (secondary N) is 1. The zero-order chi connectivity index (χ0) is 10.6. The molecule has 15 heavy (non-hydrogen) atoms. The lowest BCUT2D eigenvalue weighted by Gasteiger charge is -1.98. The number of pyridine rings is 1.